The molecule has 3 rings (SSSR count). The molecule has 0 bridgehead atoms. The van der Waals surface area contributed by atoms with Crippen LogP contribution in [0, 0.1) is 0 Å². The van der Waals surface area contributed by atoms with Crippen LogP contribution >= 0.6 is 0 Å². The lowest BCUT2D eigenvalue weighted by Crippen LogP contribution is -2.38. The largest absolute Gasteiger partial charge is 0.368 e. The lowest BCUT2D eigenvalue weighted by atomic mass is 10.0. The maximum absolute atomic E-state index is 4.23. The number of fused-ring (bicyclic) bond motifs is 1. The normalized spacial score (nSPS) is 19.8. The van der Waals surface area contributed by atoms with Crippen molar-refractivity contribution in [1.82, 2.24) is 15.1 Å². The van der Waals surface area contributed by atoms with Crippen LogP contribution < -0.4 is 5.32 Å². The molecule has 0 saturated carbocycles. The molecule has 0 aliphatic carbocycles. The predicted octanol–water partition coefficient (Wildman–Crippen LogP) is 3.31. The number of benzene rings is 1. The summed E-state index contributed by atoms with van der Waals surface area (Å²) in [6, 6.07) is 9.00. The Kier molecular flexibility index (Phi) is 4.65. The molecule has 2 heterocycles. The number of hydrogen-bond donors (Lipinski definition) is 1. The molecule has 1 aromatic heterocycles. The highest BCUT2D eigenvalue weighted by molar-refractivity contribution is 5.90. The van der Waals surface area contributed by atoms with Crippen molar-refractivity contribution < 1.29 is 0 Å². The van der Waals surface area contributed by atoms with Crippen LogP contribution in [0.5, 0.6) is 0 Å². The van der Waals surface area contributed by atoms with Crippen LogP contribution in [0.15, 0.2) is 30.5 Å². The number of nitrogens with zero attached hydrogens (tertiary/aromatic N) is 3. The number of aromatic nitrogens is 2. The molecule has 1 aliphatic heterocycles. The zero-order valence-electron chi connectivity index (χ0n) is 12.8. The van der Waals surface area contributed by atoms with Gasteiger partial charge in [0, 0.05) is 29.9 Å². The Hall–Kier alpha value is -1.68. The standard InChI is InChI=1S/C17H24N4/c1-14-7-4-5-11-21(14)12-6-10-18-17-16-9-3-2-8-15(16)13-19-20-17/h2-3,8-9,13-14H,4-7,10-12H2,1H3,(H,18,20). The maximum Gasteiger partial charge on any atom is 0.156 e. The first kappa shape index (κ1) is 14.3. The molecule has 0 radical (unpaired) electrons. The molecule has 1 N–H and O–H groups in total. The number of anilines is 1. The second-order valence-corrected chi connectivity index (χ2v) is 5.94. The van der Waals surface area contributed by atoms with Crippen molar-refractivity contribution in [2.24, 2.45) is 0 Å². The number of rotatable bonds is 5. The third kappa shape index (κ3) is 3.50. The molecule has 4 heteroatoms. The monoisotopic (exact) mass is 284 g/mol. The van der Waals surface area contributed by atoms with E-state index in [0.717, 1.165) is 35.6 Å². The van der Waals surface area contributed by atoms with E-state index in [2.05, 4.69) is 39.5 Å². The second-order valence-electron chi connectivity index (χ2n) is 5.94. The SMILES string of the molecule is CC1CCCCN1CCCNc1nncc2ccccc12. The molecule has 0 spiro atoms. The molecule has 1 aliphatic rings. The van der Waals surface area contributed by atoms with Crippen LogP contribution in [-0.4, -0.2) is 40.8 Å². The smallest absolute Gasteiger partial charge is 0.156 e. The van der Waals surface area contributed by atoms with E-state index in [1.807, 2.05) is 18.3 Å². The van der Waals surface area contributed by atoms with Gasteiger partial charge in [-0.3, -0.25) is 0 Å². The molecule has 1 unspecified atom stereocenters. The average molecular weight is 284 g/mol. The summed E-state index contributed by atoms with van der Waals surface area (Å²) in [7, 11) is 0. The molecular weight excluding hydrogens is 260 g/mol. The van der Waals surface area contributed by atoms with Gasteiger partial charge in [-0.15, -0.1) is 5.10 Å². The highest BCUT2D eigenvalue weighted by atomic mass is 15.2. The van der Waals surface area contributed by atoms with Crippen molar-refractivity contribution in [1.29, 1.82) is 0 Å². The van der Waals surface area contributed by atoms with E-state index < -0.39 is 0 Å². The summed E-state index contributed by atoms with van der Waals surface area (Å²) >= 11 is 0. The highest BCUT2D eigenvalue weighted by Crippen LogP contribution is 2.19. The van der Waals surface area contributed by atoms with E-state index in [9.17, 15) is 0 Å². The molecule has 2 aromatic rings. The summed E-state index contributed by atoms with van der Waals surface area (Å²) in [4.78, 5) is 2.61. The second kappa shape index (κ2) is 6.85. The van der Waals surface area contributed by atoms with Gasteiger partial charge in [-0.25, -0.2) is 0 Å². The summed E-state index contributed by atoms with van der Waals surface area (Å²) in [5, 5.41) is 14.0. The molecule has 4 nitrogen and oxygen atoms in total. The third-order valence-corrected chi connectivity index (χ3v) is 4.43. The predicted molar refractivity (Wildman–Crippen MR) is 87.5 cm³/mol. The van der Waals surface area contributed by atoms with Crippen LogP contribution in [0.4, 0.5) is 5.82 Å². The Morgan fingerprint density at radius 2 is 2.19 bits per heavy atom. The first-order chi connectivity index (χ1) is 10.3. The minimum absolute atomic E-state index is 0.746. The first-order valence-corrected chi connectivity index (χ1v) is 8.03. The quantitative estimate of drug-likeness (QED) is 0.855. The van der Waals surface area contributed by atoms with Crippen molar-refractivity contribution in [3.8, 4) is 0 Å². The lowest BCUT2D eigenvalue weighted by molar-refractivity contribution is 0.160. The molecule has 1 atom stereocenters. The van der Waals surface area contributed by atoms with Gasteiger partial charge in [0.25, 0.3) is 0 Å². The molecular formula is C17H24N4. The average Bonchev–Trinajstić information content (AvgIpc) is 2.53. The molecule has 1 saturated heterocycles. The van der Waals surface area contributed by atoms with E-state index in [4.69, 9.17) is 0 Å². The minimum atomic E-state index is 0.746. The third-order valence-electron chi connectivity index (χ3n) is 4.43. The molecule has 112 valence electrons. The fraction of sp³-hybridized carbons (Fsp3) is 0.529. The maximum atomic E-state index is 4.23. The zero-order valence-corrected chi connectivity index (χ0v) is 12.8. The fourth-order valence-corrected chi connectivity index (χ4v) is 3.14. The van der Waals surface area contributed by atoms with Gasteiger partial charge in [0.05, 0.1) is 6.20 Å². The van der Waals surface area contributed by atoms with Crippen LogP contribution in [0.3, 0.4) is 0 Å². The Labute approximate surface area is 126 Å². The van der Waals surface area contributed by atoms with Gasteiger partial charge in [-0.1, -0.05) is 30.7 Å². The van der Waals surface area contributed by atoms with Crippen LogP contribution in [0.1, 0.15) is 32.6 Å². The number of nitrogens with one attached hydrogen (secondary N) is 1. The van der Waals surface area contributed by atoms with Gasteiger partial charge < -0.3 is 10.2 Å². The van der Waals surface area contributed by atoms with Crippen molar-refractivity contribution in [3.63, 3.8) is 0 Å². The zero-order chi connectivity index (χ0) is 14.5. The van der Waals surface area contributed by atoms with E-state index in [1.54, 1.807) is 0 Å². The van der Waals surface area contributed by atoms with E-state index >= 15 is 0 Å². The van der Waals surface area contributed by atoms with Crippen LogP contribution in [0.2, 0.25) is 0 Å². The molecule has 1 aromatic carbocycles. The van der Waals surface area contributed by atoms with E-state index in [1.165, 1.54) is 32.4 Å². The number of hydrogen-bond acceptors (Lipinski definition) is 4. The number of likely N-dealkylation sites (tertiary alicyclic amines) is 1. The lowest BCUT2D eigenvalue weighted by Gasteiger charge is -2.33. The Morgan fingerprint density at radius 1 is 1.29 bits per heavy atom. The summed E-state index contributed by atoms with van der Waals surface area (Å²) in [5.41, 5.74) is 0. The highest BCUT2D eigenvalue weighted by Gasteiger charge is 2.17. The Bertz CT molecular complexity index is 579. The minimum Gasteiger partial charge on any atom is -0.368 e. The van der Waals surface area contributed by atoms with Gasteiger partial charge in [0.2, 0.25) is 0 Å². The van der Waals surface area contributed by atoms with Crippen molar-refractivity contribution >= 4 is 16.6 Å². The Morgan fingerprint density at radius 3 is 3.10 bits per heavy atom. The van der Waals surface area contributed by atoms with Crippen molar-refractivity contribution in [2.45, 2.75) is 38.6 Å². The van der Waals surface area contributed by atoms with Gasteiger partial charge in [-0.05, 0) is 32.7 Å². The Balaban J connectivity index is 1.52. The van der Waals surface area contributed by atoms with Gasteiger partial charge in [0.15, 0.2) is 5.82 Å². The van der Waals surface area contributed by atoms with E-state index in [-0.39, 0.29) is 0 Å². The van der Waals surface area contributed by atoms with Gasteiger partial charge >= 0.3 is 0 Å². The summed E-state index contributed by atoms with van der Waals surface area (Å²) in [6.45, 7) is 5.73. The van der Waals surface area contributed by atoms with Crippen LogP contribution in [-0.2, 0) is 0 Å². The first-order valence-electron chi connectivity index (χ1n) is 8.03. The van der Waals surface area contributed by atoms with Crippen LogP contribution in [0.25, 0.3) is 10.8 Å². The number of piperidine rings is 1. The van der Waals surface area contributed by atoms with Crippen molar-refractivity contribution in [2.75, 3.05) is 25.0 Å². The molecule has 21 heavy (non-hydrogen) atoms. The summed E-state index contributed by atoms with van der Waals surface area (Å²) in [6.07, 6.45) is 7.06. The summed E-state index contributed by atoms with van der Waals surface area (Å²) in [5.74, 6) is 0.903. The van der Waals surface area contributed by atoms with Gasteiger partial charge in [0.1, 0.15) is 0 Å². The summed E-state index contributed by atoms with van der Waals surface area (Å²) < 4.78 is 0. The van der Waals surface area contributed by atoms with Gasteiger partial charge in [-0.2, -0.15) is 5.10 Å². The van der Waals surface area contributed by atoms with E-state index in [0.29, 0.717) is 0 Å². The topological polar surface area (TPSA) is 41.0 Å². The molecule has 0 amide bonds. The fourth-order valence-electron chi connectivity index (χ4n) is 3.14. The van der Waals surface area contributed by atoms with Crippen molar-refractivity contribution in [3.05, 3.63) is 30.5 Å². The molecule has 1 fully saturated rings.